The van der Waals surface area contributed by atoms with E-state index in [1.165, 1.54) is 0 Å². The van der Waals surface area contributed by atoms with E-state index in [1.807, 2.05) is 62.4 Å². The molecule has 1 aliphatic heterocycles. The fourth-order valence-corrected chi connectivity index (χ4v) is 3.10. The predicted octanol–water partition coefficient (Wildman–Crippen LogP) is 4.21. The Bertz CT molecular complexity index is 931. The molecule has 25 heavy (non-hydrogen) atoms. The molecule has 0 spiro atoms. The van der Waals surface area contributed by atoms with Gasteiger partial charge in [-0.2, -0.15) is 0 Å². The van der Waals surface area contributed by atoms with Gasteiger partial charge in [0.05, 0.1) is 11.1 Å². The summed E-state index contributed by atoms with van der Waals surface area (Å²) in [6.07, 6.45) is 0. The zero-order valence-corrected chi connectivity index (χ0v) is 14.2. The molecule has 0 aliphatic carbocycles. The smallest absolute Gasteiger partial charge is 0.280 e. The number of carbonyl (C=O) groups excluding carboxylic acids is 1. The first-order chi connectivity index (χ1) is 12.2. The summed E-state index contributed by atoms with van der Waals surface area (Å²) in [6.45, 7) is 4.77. The van der Waals surface area contributed by atoms with Crippen LogP contribution in [0, 0.1) is 6.92 Å². The van der Waals surface area contributed by atoms with Crippen LogP contribution in [-0.2, 0) is 6.61 Å². The lowest BCUT2D eigenvalue weighted by atomic mass is 10.0. The van der Waals surface area contributed by atoms with Gasteiger partial charge in [0.2, 0.25) is 0 Å². The molecule has 2 aromatic carbocycles. The number of amides is 1. The van der Waals surface area contributed by atoms with E-state index < -0.39 is 0 Å². The highest BCUT2D eigenvalue weighted by molar-refractivity contribution is 6.06. The first-order valence-corrected chi connectivity index (χ1v) is 8.28. The predicted molar refractivity (Wildman–Crippen MR) is 94.8 cm³/mol. The van der Waals surface area contributed by atoms with Crippen molar-refractivity contribution >= 4 is 11.6 Å². The number of hydrogen-bond acceptors (Lipinski definition) is 4. The minimum atomic E-state index is -0.182. The van der Waals surface area contributed by atoms with Gasteiger partial charge in [0.25, 0.3) is 5.91 Å². The van der Waals surface area contributed by atoms with Crippen LogP contribution >= 0.6 is 0 Å². The number of nitrogens with zero attached hydrogens (tertiary/aromatic N) is 2. The fourth-order valence-electron chi connectivity index (χ4n) is 3.10. The lowest BCUT2D eigenvalue weighted by molar-refractivity contribution is 0.0977. The number of fused-ring (bicyclic) bond motifs is 3. The van der Waals surface area contributed by atoms with Crippen molar-refractivity contribution in [3.63, 3.8) is 0 Å². The average Bonchev–Trinajstić information content (AvgIpc) is 3.07. The Labute approximate surface area is 145 Å². The van der Waals surface area contributed by atoms with E-state index >= 15 is 0 Å². The maximum atomic E-state index is 13.0. The number of anilines is 1. The van der Waals surface area contributed by atoms with Crippen molar-refractivity contribution < 1.29 is 14.1 Å². The second-order valence-electron chi connectivity index (χ2n) is 6.01. The molecule has 4 rings (SSSR count). The van der Waals surface area contributed by atoms with E-state index in [2.05, 4.69) is 5.16 Å². The molecule has 0 unspecified atom stereocenters. The highest BCUT2D eigenvalue weighted by Gasteiger charge is 2.31. The molecule has 0 saturated heterocycles. The summed E-state index contributed by atoms with van der Waals surface area (Å²) in [5.74, 6) is 1.19. The number of carbonyl (C=O) groups is 1. The zero-order chi connectivity index (χ0) is 17.4. The van der Waals surface area contributed by atoms with Crippen LogP contribution in [0.3, 0.4) is 0 Å². The van der Waals surface area contributed by atoms with Gasteiger partial charge in [-0.15, -0.1) is 0 Å². The molecule has 126 valence electrons. The molecule has 5 heteroatoms. The van der Waals surface area contributed by atoms with Crippen molar-refractivity contribution in [1.82, 2.24) is 5.16 Å². The molecule has 0 saturated carbocycles. The van der Waals surface area contributed by atoms with E-state index in [0.717, 1.165) is 22.6 Å². The summed E-state index contributed by atoms with van der Waals surface area (Å²) in [6, 6.07) is 15.4. The number of benzene rings is 2. The molecule has 1 aliphatic rings. The fraction of sp³-hybridized carbons (Fsp3) is 0.200. The zero-order valence-electron chi connectivity index (χ0n) is 14.2. The Hall–Kier alpha value is -3.08. The van der Waals surface area contributed by atoms with E-state index in [4.69, 9.17) is 9.26 Å². The van der Waals surface area contributed by atoms with Crippen LogP contribution in [0.5, 0.6) is 5.75 Å². The van der Waals surface area contributed by atoms with Gasteiger partial charge in [-0.05, 0) is 38.1 Å². The third-order valence-corrected chi connectivity index (χ3v) is 4.37. The van der Waals surface area contributed by atoms with Crippen LogP contribution in [0.15, 0.2) is 53.1 Å². The van der Waals surface area contributed by atoms with Crippen molar-refractivity contribution in [3.05, 3.63) is 65.4 Å². The summed E-state index contributed by atoms with van der Waals surface area (Å²) in [7, 11) is 0. The van der Waals surface area contributed by atoms with Crippen molar-refractivity contribution in [3.8, 4) is 17.1 Å². The van der Waals surface area contributed by atoms with Crippen LogP contribution in [-0.4, -0.2) is 17.6 Å². The SMILES string of the molecule is CCN(C(=O)c1noc2c1COc1ccc(C)cc1-2)c1ccccc1. The molecule has 0 bridgehead atoms. The lowest BCUT2D eigenvalue weighted by Gasteiger charge is -2.21. The van der Waals surface area contributed by atoms with Crippen LogP contribution in [0.2, 0.25) is 0 Å². The molecule has 0 fully saturated rings. The minimum absolute atomic E-state index is 0.182. The van der Waals surface area contributed by atoms with Gasteiger partial charge in [0, 0.05) is 12.2 Å². The molecule has 5 nitrogen and oxygen atoms in total. The Kier molecular flexibility index (Phi) is 3.76. The first-order valence-electron chi connectivity index (χ1n) is 8.28. The normalized spacial score (nSPS) is 12.1. The van der Waals surface area contributed by atoms with Crippen molar-refractivity contribution in [2.24, 2.45) is 0 Å². The maximum absolute atomic E-state index is 13.0. The van der Waals surface area contributed by atoms with Gasteiger partial charge in [-0.25, -0.2) is 0 Å². The van der Waals surface area contributed by atoms with E-state index in [0.29, 0.717) is 23.6 Å². The quantitative estimate of drug-likeness (QED) is 0.720. The highest BCUT2D eigenvalue weighted by Crippen LogP contribution is 2.39. The summed E-state index contributed by atoms with van der Waals surface area (Å²) >= 11 is 0. The monoisotopic (exact) mass is 334 g/mol. The number of aryl methyl sites for hydroxylation is 1. The topological polar surface area (TPSA) is 55.6 Å². The molecular weight excluding hydrogens is 316 g/mol. The van der Waals surface area contributed by atoms with Crippen LogP contribution in [0.4, 0.5) is 5.69 Å². The number of hydrogen-bond donors (Lipinski definition) is 0. The van der Waals surface area contributed by atoms with E-state index in [9.17, 15) is 4.79 Å². The summed E-state index contributed by atoms with van der Waals surface area (Å²) in [5.41, 5.74) is 3.79. The molecule has 0 atom stereocenters. The van der Waals surface area contributed by atoms with Gasteiger partial charge in [-0.1, -0.05) is 35.0 Å². The first kappa shape index (κ1) is 15.4. The van der Waals surface area contributed by atoms with Crippen LogP contribution < -0.4 is 9.64 Å². The molecule has 2 heterocycles. The molecule has 0 N–H and O–H groups in total. The number of para-hydroxylation sites is 1. The second kappa shape index (κ2) is 6.09. The standard InChI is InChI=1S/C20H18N2O3/c1-3-22(14-7-5-4-6-8-14)20(23)18-16-12-24-17-10-9-13(2)11-15(17)19(16)25-21-18/h4-11H,3,12H2,1-2H3. The molecule has 1 aromatic heterocycles. The minimum Gasteiger partial charge on any atom is -0.488 e. The summed E-state index contributed by atoms with van der Waals surface area (Å²) < 4.78 is 11.3. The van der Waals surface area contributed by atoms with Crippen molar-refractivity contribution in [2.75, 3.05) is 11.4 Å². The third-order valence-electron chi connectivity index (χ3n) is 4.37. The van der Waals surface area contributed by atoms with E-state index in [1.54, 1.807) is 4.90 Å². The van der Waals surface area contributed by atoms with Gasteiger partial charge in [-0.3, -0.25) is 4.79 Å². The number of aromatic nitrogens is 1. The summed E-state index contributed by atoms with van der Waals surface area (Å²) in [4.78, 5) is 14.7. The lowest BCUT2D eigenvalue weighted by Crippen LogP contribution is -2.31. The molecular formula is C20H18N2O3. The van der Waals surface area contributed by atoms with E-state index in [-0.39, 0.29) is 12.5 Å². The molecule has 0 radical (unpaired) electrons. The van der Waals surface area contributed by atoms with Gasteiger partial charge >= 0.3 is 0 Å². The largest absolute Gasteiger partial charge is 0.488 e. The summed E-state index contributed by atoms with van der Waals surface area (Å²) in [5, 5.41) is 4.07. The number of rotatable bonds is 3. The van der Waals surface area contributed by atoms with Gasteiger partial charge < -0.3 is 14.2 Å². The molecule has 3 aromatic rings. The number of ether oxygens (including phenoxy) is 1. The Morgan fingerprint density at radius 3 is 2.76 bits per heavy atom. The maximum Gasteiger partial charge on any atom is 0.280 e. The molecule has 1 amide bonds. The Balaban J connectivity index is 1.75. The third kappa shape index (κ3) is 2.58. The van der Waals surface area contributed by atoms with Crippen LogP contribution in [0.1, 0.15) is 28.5 Å². The Morgan fingerprint density at radius 2 is 2.00 bits per heavy atom. The second-order valence-corrected chi connectivity index (χ2v) is 6.01. The van der Waals surface area contributed by atoms with Crippen molar-refractivity contribution in [1.29, 1.82) is 0 Å². The highest BCUT2D eigenvalue weighted by atomic mass is 16.5. The average molecular weight is 334 g/mol. The van der Waals surface area contributed by atoms with Gasteiger partial charge in [0.15, 0.2) is 11.5 Å². The van der Waals surface area contributed by atoms with Crippen LogP contribution in [0.25, 0.3) is 11.3 Å². The Morgan fingerprint density at radius 1 is 1.20 bits per heavy atom. The van der Waals surface area contributed by atoms with Crippen molar-refractivity contribution in [2.45, 2.75) is 20.5 Å². The van der Waals surface area contributed by atoms with Gasteiger partial charge in [0.1, 0.15) is 12.4 Å².